The Morgan fingerprint density at radius 1 is 1.25 bits per heavy atom. The molecule has 0 amide bonds. The Kier molecular flexibility index (Phi) is 4.48. The first-order valence-electron chi connectivity index (χ1n) is 6.85. The van der Waals surface area contributed by atoms with E-state index in [9.17, 15) is 13.2 Å². The second-order valence-electron chi connectivity index (χ2n) is 5.50. The number of ether oxygens (including phenoxy) is 1. The van der Waals surface area contributed by atoms with Crippen molar-refractivity contribution in [1.29, 1.82) is 0 Å². The lowest BCUT2D eigenvalue weighted by Gasteiger charge is -2.40. The molecule has 0 radical (unpaired) electrons. The molecular formula is C15H20O4S. The third-order valence-electron chi connectivity index (χ3n) is 3.66. The highest BCUT2D eigenvalue weighted by molar-refractivity contribution is 7.92. The van der Waals surface area contributed by atoms with Gasteiger partial charge in [-0.05, 0) is 25.3 Å². The summed E-state index contributed by atoms with van der Waals surface area (Å²) in [5, 5.41) is 0. The largest absolute Gasteiger partial charge is 0.466 e. The van der Waals surface area contributed by atoms with E-state index in [0.29, 0.717) is 13.0 Å². The number of esters is 1. The molecule has 0 spiro atoms. The number of aryl methyl sites for hydroxylation is 1. The van der Waals surface area contributed by atoms with Gasteiger partial charge in [-0.25, -0.2) is 8.42 Å². The minimum Gasteiger partial charge on any atom is -0.466 e. The number of benzene rings is 1. The molecule has 0 bridgehead atoms. The van der Waals surface area contributed by atoms with E-state index in [1.165, 1.54) is 5.56 Å². The van der Waals surface area contributed by atoms with Crippen LogP contribution in [-0.4, -0.2) is 32.5 Å². The van der Waals surface area contributed by atoms with E-state index in [2.05, 4.69) is 0 Å². The molecule has 1 aliphatic heterocycles. The number of hydrogen-bond acceptors (Lipinski definition) is 4. The van der Waals surface area contributed by atoms with Crippen LogP contribution in [0.3, 0.4) is 0 Å². The van der Waals surface area contributed by atoms with Crippen molar-refractivity contribution in [1.82, 2.24) is 0 Å². The van der Waals surface area contributed by atoms with Crippen LogP contribution < -0.4 is 0 Å². The monoisotopic (exact) mass is 296 g/mol. The highest BCUT2D eigenvalue weighted by Crippen LogP contribution is 2.40. The van der Waals surface area contributed by atoms with Crippen LogP contribution >= 0.6 is 0 Å². The van der Waals surface area contributed by atoms with Crippen LogP contribution in [0.5, 0.6) is 0 Å². The Balaban J connectivity index is 1.99. The van der Waals surface area contributed by atoms with Gasteiger partial charge in [0.25, 0.3) is 0 Å². The SMILES string of the molecule is CCOC(=O)CC1(CCc2ccccc2)CS(=O)(=O)C1. The van der Waals surface area contributed by atoms with Gasteiger partial charge in [0.15, 0.2) is 9.84 Å². The summed E-state index contributed by atoms with van der Waals surface area (Å²) in [5.74, 6) is -0.0902. The Bertz CT molecular complexity index is 551. The fourth-order valence-electron chi connectivity index (χ4n) is 2.80. The predicted octanol–water partition coefficient (Wildman–Crippen LogP) is 1.99. The average Bonchev–Trinajstić information content (AvgIpc) is 2.35. The molecule has 5 heteroatoms. The number of carbonyl (C=O) groups excluding carboxylic acids is 1. The topological polar surface area (TPSA) is 60.4 Å². The molecule has 0 saturated carbocycles. The second-order valence-corrected chi connectivity index (χ2v) is 7.56. The first kappa shape index (κ1) is 15.0. The summed E-state index contributed by atoms with van der Waals surface area (Å²) in [5.41, 5.74) is 0.737. The number of hydrogen-bond donors (Lipinski definition) is 0. The number of sulfone groups is 1. The minimum absolute atomic E-state index is 0.103. The lowest BCUT2D eigenvalue weighted by Crippen LogP contribution is -2.50. The van der Waals surface area contributed by atoms with Crippen LogP contribution in [0.1, 0.15) is 25.3 Å². The summed E-state index contributed by atoms with van der Waals surface area (Å²) in [4.78, 5) is 11.7. The van der Waals surface area contributed by atoms with Gasteiger partial charge in [-0.15, -0.1) is 0 Å². The zero-order valence-electron chi connectivity index (χ0n) is 11.7. The molecule has 0 aliphatic carbocycles. The number of carbonyl (C=O) groups is 1. The lowest BCUT2D eigenvalue weighted by atomic mass is 9.82. The van der Waals surface area contributed by atoms with Crippen molar-refractivity contribution >= 4 is 15.8 Å². The Labute approximate surface area is 120 Å². The van der Waals surface area contributed by atoms with E-state index in [1.807, 2.05) is 30.3 Å². The normalized spacial score (nSPS) is 19.1. The van der Waals surface area contributed by atoms with Gasteiger partial charge >= 0.3 is 5.97 Å². The van der Waals surface area contributed by atoms with Crippen molar-refractivity contribution in [3.63, 3.8) is 0 Å². The van der Waals surface area contributed by atoms with Gasteiger partial charge < -0.3 is 4.74 Å². The fourth-order valence-corrected chi connectivity index (χ4v) is 5.07. The molecule has 1 fully saturated rings. The third-order valence-corrected chi connectivity index (χ3v) is 5.77. The zero-order valence-corrected chi connectivity index (χ0v) is 12.5. The van der Waals surface area contributed by atoms with Gasteiger partial charge in [0.05, 0.1) is 24.5 Å². The molecule has 110 valence electrons. The van der Waals surface area contributed by atoms with Gasteiger partial charge in [0.1, 0.15) is 0 Å². The van der Waals surface area contributed by atoms with E-state index in [0.717, 1.165) is 6.42 Å². The van der Waals surface area contributed by atoms with E-state index < -0.39 is 15.3 Å². The lowest BCUT2D eigenvalue weighted by molar-refractivity contribution is -0.145. The van der Waals surface area contributed by atoms with Crippen molar-refractivity contribution in [2.75, 3.05) is 18.1 Å². The van der Waals surface area contributed by atoms with Crippen molar-refractivity contribution in [2.45, 2.75) is 26.2 Å². The van der Waals surface area contributed by atoms with Gasteiger partial charge in [-0.3, -0.25) is 4.79 Å². The molecule has 0 unspecified atom stereocenters. The molecule has 0 aromatic heterocycles. The second kappa shape index (κ2) is 5.95. The van der Waals surface area contributed by atoms with Crippen LogP contribution in [0.2, 0.25) is 0 Å². The quantitative estimate of drug-likeness (QED) is 0.753. The molecule has 1 aliphatic rings. The van der Waals surface area contributed by atoms with Crippen LogP contribution in [0.25, 0.3) is 0 Å². The smallest absolute Gasteiger partial charge is 0.306 e. The van der Waals surface area contributed by atoms with Crippen molar-refractivity contribution in [3.8, 4) is 0 Å². The molecule has 1 heterocycles. The fraction of sp³-hybridized carbons (Fsp3) is 0.533. The molecular weight excluding hydrogens is 276 g/mol. The molecule has 0 N–H and O–H groups in total. The van der Waals surface area contributed by atoms with Crippen LogP contribution in [0.4, 0.5) is 0 Å². The van der Waals surface area contributed by atoms with Gasteiger partial charge in [0, 0.05) is 5.41 Å². The van der Waals surface area contributed by atoms with Crippen molar-refractivity contribution < 1.29 is 17.9 Å². The summed E-state index contributed by atoms with van der Waals surface area (Å²) in [6, 6.07) is 9.91. The Hall–Kier alpha value is -1.36. The van der Waals surface area contributed by atoms with E-state index in [-0.39, 0.29) is 23.9 Å². The van der Waals surface area contributed by atoms with Crippen molar-refractivity contribution in [3.05, 3.63) is 35.9 Å². The molecule has 20 heavy (non-hydrogen) atoms. The van der Waals surface area contributed by atoms with E-state index in [4.69, 9.17) is 4.74 Å². The summed E-state index contributed by atoms with van der Waals surface area (Å²) in [6.07, 6.45) is 1.69. The van der Waals surface area contributed by atoms with Crippen molar-refractivity contribution in [2.24, 2.45) is 5.41 Å². The highest BCUT2D eigenvalue weighted by atomic mass is 32.2. The molecule has 1 aromatic carbocycles. The number of rotatable bonds is 6. The minimum atomic E-state index is -2.96. The first-order valence-corrected chi connectivity index (χ1v) is 8.67. The molecule has 2 rings (SSSR count). The summed E-state index contributed by atoms with van der Waals surface area (Å²) >= 11 is 0. The van der Waals surface area contributed by atoms with Crippen LogP contribution in [0.15, 0.2) is 30.3 Å². The van der Waals surface area contributed by atoms with Crippen LogP contribution in [0, 0.1) is 5.41 Å². The standard InChI is InChI=1S/C15H20O4S/c1-2-19-14(16)10-15(11-20(17,18)12-15)9-8-13-6-4-3-5-7-13/h3-7H,2,8-12H2,1H3. The van der Waals surface area contributed by atoms with Gasteiger partial charge in [0.2, 0.25) is 0 Å². The van der Waals surface area contributed by atoms with Gasteiger partial charge in [-0.2, -0.15) is 0 Å². The van der Waals surface area contributed by atoms with Gasteiger partial charge in [-0.1, -0.05) is 30.3 Å². The molecule has 1 aromatic rings. The maximum absolute atomic E-state index is 11.7. The first-order chi connectivity index (χ1) is 9.45. The predicted molar refractivity (Wildman–Crippen MR) is 77.1 cm³/mol. The average molecular weight is 296 g/mol. The molecule has 4 nitrogen and oxygen atoms in total. The maximum Gasteiger partial charge on any atom is 0.306 e. The Morgan fingerprint density at radius 3 is 2.45 bits per heavy atom. The summed E-state index contributed by atoms with van der Waals surface area (Å²) in [7, 11) is -2.96. The zero-order chi connectivity index (χ0) is 14.6. The summed E-state index contributed by atoms with van der Waals surface area (Å²) < 4.78 is 28.0. The third kappa shape index (κ3) is 3.82. The summed E-state index contributed by atoms with van der Waals surface area (Å²) in [6.45, 7) is 2.09. The van der Waals surface area contributed by atoms with E-state index in [1.54, 1.807) is 6.92 Å². The molecule has 1 saturated heterocycles. The molecule has 0 atom stereocenters. The highest BCUT2D eigenvalue weighted by Gasteiger charge is 2.49. The van der Waals surface area contributed by atoms with E-state index >= 15 is 0 Å². The Morgan fingerprint density at radius 2 is 1.90 bits per heavy atom. The van der Waals surface area contributed by atoms with Crippen LogP contribution in [-0.2, 0) is 25.8 Å². The maximum atomic E-state index is 11.7.